The molecule has 1 aromatic heterocycles. The lowest BCUT2D eigenvalue weighted by Crippen LogP contribution is -2.45. The van der Waals surface area contributed by atoms with E-state index in [1.807, 2.05) is 51.1 Å². The zero-order valence-corrected chi connectivity index (χ0v) is 15.8. The summed E-state index contributed by atoms with van der Waals surface area (Å²) in [6, 6.07) is 10.0. The Morgan fingerprint density at radius 1 is 1.19 bits per heavy atom. The summed E-state index contributed by atoms with van der Waals surface area (Å²) < 4.78 is 0. The van der Waals surface area contributed by atoms with Crippen LogP contribution in [0.25, 0.3) is 0 Å². The summed E-state index contributed by atoms with van der Waals surface area (Å²) in [5.74, 6) is -0.120. The fourth-order valence-corrected chi connectivity index (χ4v) is 3.62. The maximum Gasteiger partial charge on any atom is 0.270 e. The number of hydrogen-bond donors (Lipinski definition) is 2. The van der Waals surface area contributed by atoms with Gasteiger partial charge < -0.3 is 15.2 Å². The molecule has 0 spiro atoms. The molecule has 2 aromatic rings. The predicted molar refractivity (Wildman–Crippen MR) is 102 cm³/mol. The lowest BCUT2D eigenvalue weighted by molar-refractivity contribution is -0.126. The predicted octanol–water partition coefficient (Wildman–Crippen LogP) is 3.11. The van der Waals surface area contributed by atoms with Crippen LogP contribution in [-0.2, 0) is 11.3 Å². The highest BCUT2D eigenvalue weighted by molar-refractivity contribution is 5.94. The molecule has 1 unspecified atom stereocenters. The fraction of sp³-hybridized carbons (Fsp3) is 0.429. The van der Waals surface area contributed by atoms with Gasteiger partial charge in [-0.25, -0.2) is 0 Å². The van der Waals surface area contributed by atoms with E-state index < -0.39 is 0 Å². The largest absolute Gasteiger partial charge is 0.354 e. The summed E-state index contributed by atoms with van der Waals surface area (Å²) >= 11 is 0. The minimum atomic E-state index is -0.145. The third-order valence-electron chi connectivity index (χ3n) is 5.16. The van der Waals surface area contributed by atoms with Gasteiger partial charge in [0.15, 0.2) is 0 Å². The Hall–Kier alpha value is -2.56. The van der Waals surface area contributed by atoms with Crippen LogP contribution in [0.15, 0.2) is 30.3 Å². The van der Waals surface area contributed by atoms with Gasteiger partial charge in [-0.2, -0.15) is 0 Å². The van der Waals surface area contributed by atoms with Crippen molar-refractivity contribution in [3.05, 3.63) is 58.4 Å². The van der Waals surface area contributed by atoms with Gasteiger partial charge >= 0.3 is 0 Å². The first-order chi connectivity index (χ1) is 12.5. The van der Waals surface area contributed by atoms with Crippen LogP contribution in [0, 0.1) is 26.7 Å². The van der Waals surface area contributed by atoms with Gasteiger partial charge in [0.25, 0.3) is 5.91 Å². The topological polar surface area (TPSA) is 65.2 Å². The average molecular weight is 353 g/mol. The minimum Gasteiger partial charge on any atom is -0.354 e. The minimum absolute atomic E-state index is 0.00740. The molecule has 3 rings (SSSR count). The number of carbonyl (C=O) groups excluding carboxylic acids is 2. The first-order valence-electron chi connectivity index (χ1n) is 9.23. The van der Waals surface area contributed by atoms with Crippen LogP contribution < -0.4 is 5.32 Å². The molecule has 1 aliphatic heterocycles. The number of aromatic nitrogens is 1. The fourth-order valence-electron chi connectivity index (χ4n) is 3.62. The molecule has 26 heavy (non-hydrogen) atoms. The van der Waals surface area contributed by atoms with E-state index in [0.29, 0.717) is 25.3 Å². The Bertz CT molecular complexity index is 809. The molecule has 5 heteroatoms. The highest BCUT2D eigenvalue weighted by Gasteiger charge is 2.29. The van der Waals surface area contributed by atoms with Crippen LogP contribution in [0.3, 0.4) is 0 Å². The van der Waals surface area contributed by atoms with Crippen LogP contribution in [0.1, 0.15) is 45.7 Å². The van der Waals surface area contributed by atoms with Gasteiger partial charge in [0, 0.05) is 25.3 Å². The van der Waals surface area contributed by atoms with E-state index in [2.05, 4.69) is 10.3 Å². The van der Waals surface area contributed by atoms with Crippen molar-refractivity contribution in [3.63, 3.8) is 0 Å². The van der Waals surface area contributed by atoms with Crippen LogP contribution in [0.4, 0.5) is 0 Å². The van der Waals surface area contributed by atoms with Crippen LogP contribution in [0.2, 0.25) is 0 Å². The van der Waals surface area contributed by atoms with E-state index in [1.165, 1.54) is 5.56 Å². The molecule has 2 heterocycles. The summed E-state index contributed by atoms with van der Waals surface area (Å²) in [7, 11) is 0. The molecule has 0 saturated carbocycles. The molecule has 5 nitrogen and oxygen atoms in total. The zero-order chi connectivity index (χ0) is 18.7. The Balaban J connectivity index is 1.61. The summed E-state index contributed by atoms with van der Waals surface area (Å²) in [6.45, 7) is 7.65. The van der Waals surface area contributed by atoms with E-state index >= 15 is 0 Å². The molecule has 1 saturated heterocycles. The van der Waals surface area contributed by atoms with Crippen molar-refractivity contribution in [2.45, 2.75) is 40.2 Å². The molecule has 2 N–H and O–H groups in total. The van der Waals surface area contributed by atoms with E-state index in [4.69, 9.17) is 0 Å². The number of aromatic amines is 1. The molecule has 0 bridgehead atoms. The van der Waals surface area contributed by atoms with Gasteiger partial charge in [-0.15, -0.1) is 0 Å². The first-order valence-corrected chi connectivity index (χ1v) is 9.23. The number of carbonyl (C=O) groups is 2. The second-order valence-corrected chi connectivity index (χ2v) is 7.24. The van der Waals surface area contributed by atoms with E-state index in [-0.39, 0.29) is 17.7 Å². The lowest BCUT2D eigenvalue weighted by Gasteiger charge is -2.32. The molecular weight excluding hydrogens is 326 g/mol. The molecule has 1 aliphatic rings. The summed E-state index contributed by atoms with van der Waals surface area (Å²) in [4.78, 5) is 30.3. The molecule has 0 aliphatic carbocycles. The number of H-pyrrole nitrogens is 1. The summed E-state index contributed by atoms with van der Waals surface area (Å²) in [5, 5.41) is 3.04. The maximum absolute atomic E-state index is 12.8. The van der Waals surface area contributed by atoms with Gasteiger partial charge in [0.05, 0.1) is 5.92 Å². The zero-order valence-electron chi connectivity index (χ0n) is 15.8. The van der Waals surface area contributed by atoms with Gasteiger partial charge in [-0.3, -0.25) is 9.59 Å². The number of nitrogens with zero attached hydrogens (tertiary/aromatic N) is 1. The first kappa shape index (κ1) is 18.2. The third-order valence-corrected chi connectivity index (χ3v) is 5.16. The Morgan fingerprint density at radius 2 is 1.96 bits per heavy atom. The number of rotatable bonds is 4. The van der Waals surface area contributed by atoms with E-state index in [9.17, 15) is 9.59 Å². The SMILES string of the molecule is Cc1cc(C)c(C(=O)N2CCCC(C(=O)NCc3ccccc3C)C2)[nH]1. The number of piperidine rings is 1. The van der Waals surface area contributed by atoms with Crippen LogP contribution in [-0.4, -0.2) is 34.8 Å². The van der Waals surface area contributed by atoms with Crippen LogP contribution in [0.5, 0.6) is 0 Å². The van der Waals surface area contributed by atoms with Crippen molar-refractivity contribution >= 4 is 11.8 Å². The number of amides is 2. The number of likely N-dealkylation sites (tertiary alicyclic amines) is 1. The smallest absolute Gasteiger partial charge is 0.270 e. The molecule has 2 amide bonds. The molecule has 138 valence electrons. The molecule has 1 atom stereocenters. The molecule has 1 fully saturated rings. The van der Waals surface area contributed by atoms with Gasteiger partial charge in [0.1, 0.15) is 5.69 Å². The van der Waals surface area contributed by atoms with E-state index in [1.54, 1.807) is 4.90 Å². The van der Waals surface area contributed by atoms with Crippen molar-refractivity contribution in [1.29, 1.82) is 0 Å². The lowest BCUT2D eigenvalue weighted by atomic mass is 9.96. The van der Waals surface area contributed by atoms with E-state index in [0.717, 1.165) is 29.7 Å². The van der Waals surface area contributed by atoms with Gasteiger partial charge in [-0.05, 0) is 56.4 Å². The van der Waals surface area contributed by atoms with Crippen molar-refractivity contribution < 1.29 is 9.59 Å². The second kappa shape index (κ2) is 7.77. The summed E-state index contributed by atoms with van der Waals surface area (Å²) in [6.07, 6.45) is 1.68. The van der Waals surface area contributed by atoms with Crippen molar-refractivity contribution in [2.75, 3.05) is 13.1 Å². The molecule has 0 radical (unpaired) electrons. The Kier molecular flexibility index (Phi) is 5.45. The molecular formula is C21H27N3O2. The highest BCUT2D eigenvalue weighted by atomic mass is 16.2. The van der Waals surface area contributed by atoms with Crippen molar-refractivity contribution in [2.24, 2.45) is 5.92 Å². The average Bonchev–Trinajstić information content (AvgIpc) is 2.98. The van der Waals surface area contributed by atoms with Gasteiger partial charge in [-0.1, -0.05) is 24.3 Å². The van der Waals surface area contributed by atoms with Crippen molar-refractivity contribution in [1.82, 2.24) is 15.2 Å². The number of nitrogens with one attached hydrogen (secondary N) is 2. The molecule has 1 aromatic carbocycles. The van der Waals surface area contributed by atoms with Crippen LogP contribution >= 0.6 is 0 Å². The normalized spacial score (nSPS) is 17.2. The Labute approximate surface area is 154 Å². The maximum atomic E-state index is 12.8. The summed E-state index contributed by atoms with van der Waals surface area (Å²) in [5.41, 5.74) is 4.88. The quantitative estimate of drug-likeness (QED) is 0.887. The monoisotopic (exact) mass is 353 g/mol. The highest BCUT2D eigenvalue weighted by Crippen LogP contribution is 2.20. The van der Waals surface area contributed by atoms with Gasteiger partial charge in [0.2, 0.25) is 5.91 Å². The Morgan fingerprint density at radius 3 is 2.65 bits per heavy atom. The standard InChI is InChI=1S/C21H27N3O2/c1-14-7-4-5-8-17(14)12-22-20(25)18-9-6-10-24(13-18)21(26)19-15(2)11-16(3)23-19/h4-5,7-8,11,18,23H,6,9-10,12-13H2,1-3H3,(H,22,25). The number of benzene rings is 1. The third kappa shape index (κ3) is 3.98. The van der Waals surface area contributed by atoms with Crippen molar-refractivity contribution in [3.8, 4) is 0 Å². The number of aryl methyl sites for hydroxylation is 3. The second-order valence-electron chi connectivity index (χ2n) is 7.24. The number of hydrogen-bond acceptors (Lipinski definition) is 2.